The van der Waals surface area contributed by atoms with E-state index in [1.165, 1.54) is 14.2 Å². The minimum atomic E-state index is 0.0931. The summed E-state index contributed by atoms with van der Waals surface area (Å²) >= 11 is 0. The second-order valence-electron chi connectivity index (χ2n) is 5.47. The minimum absolute atomic E-state index is 0.0931. The Hall–Kier alpha value is -3.08. The van der Waals surface area contributed by atoms with E-state index in [1.807, 2.05) is 26.0 Å². The second-order valence-corrected chi connectivity index (χ2v) is 5.47. The molecule has 0 radical (unpaired) electrons. The van der Waals surface area contributed by atoms with Crippen molar-refractivity contribution in [3.8, 4) is 23.0 Å². The highest BCUT2D eigenvalue weighted by Crippen LogP contribution is 2.29. The van der Waals surface area contributed by atoms with E-state index in [1.54, 1.807) is 36.4 Å². The highest BCUT2D eigenvalue weighted by molar-refractivity contribution is 5.58. The molecule has 25 heavy (non-hydrogen) atoms. The predicted octanol–water partition coefficient (Wildman–Crippen LogP) is 4.55. The van der Waals surface area contributed by atoms with E-state index < -0.39 is 0 Å². The van der Waals surface area contributed by atoms with Crippen molar-refractivity contribution in [1.82, 2.24) is 0 Å². The summed E-state index contributed by atoms with van der Waals surface area (Å²) in [6, 6.07) is 10.1. The number of hydrogen-bond acceptors (Lipinski definition) is 5. The summed E-state index contributed by atoms with van der Waals surface area (Å²) in [5.74, 6) is 2.38. The molecule has 0 spiro atoms. The third-order valence-electron chi connectivity index (χ3n) is 3.47. The summed E-state index contributed by atoms with van der Waals surface area (Å²) in [6.45, 7) is 3.68. The summed E-state index contributed by atoms with van der Waals surface area (Å²) in [4.78, 5) is 0. The fraction of sp³-hybridized carbons (Fsp3) is 0.200. The van der Waals surface area contributed by atoms with E-state index in [0.717, 1.165) is 11.1 Å². The summed E-state index contributed by atoms with van der Waals surface area (Å²) in [7, 11) is 3.01. The van der Waals surface area contributed by atoms with E-state index in [0.29, 0.717) is 23.0 Å². The SMILES string of the molecule is COc1cc(C=C(C)OC(C)=Cc2ccc(O)c(OC)c2)ccc1O. The van der Waals surface area contributed by atoms with Gasteiger partial charge in [-0.3, -0.25) is 0 Å². The van der Waals surface area contributed by atoms with Gasteiger partial charge in [0.05, 0.1) is 14.2 Å². The number of phenolic OH excluding ortho intramolecular Hbond substituents is 2. The lowest BCUT2D eigenvalue weighted by Crippen LogP contribution is -1.89. The molecule has 0 unspecified atom stereocenters. The molecule has 2 rings (SSSR count). The molecule has 0 heterocycles. The molecule has 0 aromatic heterocycles. The Morgan fingerprint density at radius 3 is 1.52 bits per heavy atom. The van der Waals surface area contributed by atoms with E-state index in [2.05, 4.69) is 0 Å². The first kappa shape index (κ1) is 18.3. The zero-order valence-electron chi connectivity index (χ0n) is 14.7. The van der Waals surface area contributed by atoms with Gasteiger partial charge in [-0.2, -0.15) is 0 Å². The molecule has 132 valence electrons. The third-order valence-corrected chi connectivity index (χ3v) is 3.47. The van der Waals surface area contributed by atoms with E-state index >= 15 is 0 Å². The monoisotopic (exact) mass is 342 g/mol. The minimum Gasteiger partial charge on any atom is -0.504 e. The molecule has 0 bridgehead atoms. The number of phenols is 2. The van der Waals surface area contributed by atoms with Crippen molar-refractivity contribution in [1.29, 1.82) is 0 Å². The molecule has 2 aromatic rings. The molecule has 0 amide bonds. The van der Waals surface area contributed by atoms with E-state index in [-0.39, 0.29) is 11.5 Å². The topological polar surface area (TPSA) is 68.2 Å². The molecular weight excluding hydrogens is 320 g/mol. The highest BCUT2D eigenvalue weighted by atomic mass is 16.5. The smallest absolute Gasteiger partial charge is 0.161 e. The van der Waals surface area contributed by atoms with Crippen molar-refractivity contribution >= 4 is 12.2 Å². The van der Waals surface area contributed by atoms with Gasteiger partial charge in [0, 0.05) is 0 Å². The Labute approximate surface area is 147 Å². The largest absolute Gasteiger partial charge is 0.504 e. The van der Waals surface area contributed by atoms with Gasteiger partial charge >= 0.3 is 0 Å². The van der Waals surface area contributed by atoms with Gasteiger partial charge in [-0.1, -0.05) is 12.1 Å². The Balaban J connectivity index is 2.14. The number of hydrogen-bond donors (Lipinski definition) is 2. The van der Waals surface area contributed by atoms with Crippen molar-refractivity contribution in [2.75, 3.05) is 14.2 Å². The second kappa shape index (κ2) is 8.15. The van der Waals surface area contributed by atoms with Gasteiger partial charge in [0.25, 0.3) is 0 Å². The number of rotatable bonds is 6. The Kier molecular flexibility index (Phi) is 5.95. The van der Waals surface area contributed by atoms with Gasteiger partial charge in [-0.05, 0) is 61.4 Å². The standard InChI is InChI=1S/C20H22O5/c1-13(9-15-5-7-17(21)19(11-15)23-3)25-14(2)10-16-6-8-18(22)20(12-16)24-4/h5-12,21-22H,1-4H3. The maximum atomic E-state index is 9.63. The number of allylic oxidation sites excluding steroid dienone is 2. The first-order valence-corrected chi connectivity index (χ1v) is 7.71. The van der Waals surface area contributed by atoms with Crippen LogP contribution >= 0.6 is 0 Å². The Bertz CT molecular complexity index is 738. The van der Waals surface area contributed by atoms with Gasteiger partial charge in [-0.25, -0.2) is 0 Å². The van der Waals surface area contributed by atoms with E-state index in [9.17, 15) is 10.2 Å². The van der Waals surface area contributed by atoms with Gasteiger partial charge in [0.1, 0.15) is 11.5 Å². The van der Waals surface area contributed by atoms with Crippen molar-refractivity contribution < 1.29 is 24.4 Å². The van der Waals surface area contributed by atoms with Crippen LogP contribution in [-0.2, 0) is 4.74 Å². The zero-order valence-corrected chi connectivity index (χ0v) is 14.7. The molecule has 2 N–H and O–H groups in total. The number of ether oxygens (including phenoxy) is 3. The van der Waals surface area contributed by atoms with Crippen molar-refractivity contribution in [2.24, 2.45) is 0 Å². The quantitative estimate of drug-likeness (QED) is 0.754. The van der Waals surface area contributed by atoms with Crippen LogP contribution in [-0.4, -0.2) is 24.4 Å². The summed E-state index contributed by atoms with van der Waals surface area (Å²) < 4.78 is 16.0. The van der Waals surface area contributed by atoms with Crippen molar-refractivity contribution in [3.05, 3.63) is 59.0 Å². The molecule has 0 atom stereocenters. The molecule has 2 aromatic carbocycles. The molecule has 5 nitrogen and oxygen atoms in total. The predicted molar refractivity (Wildman–Crippen MR) is 97.7 cm³/mol. The van der Waals surface area contributed by atoms with Crippen LogP contribution in [0.3, 0.4) is 0 Å². The third kappa shape index (κ3) is 4.94. The van der Waals surface area contributed by atoms with Crippen LogP contribution in [0.5, 0.6) is 23.0 Å². The molecule has 0 fully saturated rings. The lowest BCUT2D eigenvalue weighted by Gasteiger charge is -2.09. The molecule has 0 aliphatic rings. The number of aromatic hydroxyl groups is 2. The summed E-state index contributed by atoms with van der Waals surface area (Å²) in [5, 5.41) is 19.3. The van der Waals surface area contributed by atoms with Crippen molar-refractivity contribution in [2.45, 2.75) is 13.8 Å². The maximum Gasteiger partial charge on any atom is 0.161 e. The summed E-state index contributed by atoms with van der Waals surface area (Å²) in [6.07, 6.45) is 3.69. The molecule has 5 heteroatoms. The van der Waals surface area contributed by atoms with Gasteiger partial charge in [0.15, 0.2) is 23.0 Å². The molecule has 0 saturated heterocycles. The van der Waals surface area contributed by atoms with Crippen LogP contribution in [0.4, 0.5) is 0 Å². The van der Waals surface area contributed by atoms with Crippen LogP contribution in [0, 0.1) is 0 Å². The molecule has 0 saturated carbocycles. The Morgan fingerprint density at radius 2 is 1.16 bits per heavy atom. The van der Waals surface area contributed by atoms with Gasteiger partial charge < -0.3 is 24.4 Å². The average molecular weight is 342 g/mol. The van der Waals surface area contributed by atoms with Gasteiger partial charge in [-0.15, -0.1) is 0 Å². The van der Waals surface area contributed by atoms with Gasteiger partial charge in [0.2, 0.25) is 0 Å². The highest BCUT2D eigenvalue weighted by Gasteiger charge is 2.04. The maximum absolute atomic E-state index is 9.63. The van der Waals surface area contributed by atoms with Crippen LogP contribution in [0.25, 0.3) is 12.2 Å². The average Bonchev–Trinajstić information content (AvgIpc) is 2.58. The van der Waals surface area contributed by atoms with Crippen LogP contribution < -0.4 is 9.47 Å². The fourth-order valence-corrected chi connectivity index (χ4v) is 2.35. The van der Waals surface area contributed by atoms with Crippen molar-refractivity contribution in [3.63, 3.8) is 0 Å². The molecule has 0 aliphatic carbocycles. The lowest BCUT2D eigenvalue weighted by atomic mass is 10.1. The fourth-order valence-electron chi connectivity index (χ4n) is 2.35. The molecule has 0 aliphatic heterocycles. The van der Waals surface area contributed by atoms with Crippen LogP contribution in [0.1, 0.15) is 25.0 Å². The lowest BCUT2D eigenvalue weighted by molar-refractivity contribution is 0.317. The first-order chi connectivity index (χ1) is 11.9. The first-order valence-electron chi connectivity index (χ1n) is 7.71. The van der Waals surface area contributed by atoms with E-state index in [4.69, 9.17) is 14.2 Å². The Morgan fingerprint density at radius 1 is 0.760 bits per heavy atom. The van der Waals surface area contributed by atoms with Crippen LogP contribution in [0.15, 0.2) is 47.9 Å². The summed E-state index contributed by atoms with van der Waals surface area (Å²) in [5.41, 5.74) is 1.71. The normalized spacial score (nSPS) is 12.0. The zero-order chi connectivity index (χ0) is 18.4. The van der Waals surface area contributed by atoms with Crippen LogP contribution in [0.2, 0.25) is 0 Å². The number of methoxy groups -OCH3 is 2. The molecular formula is C20H22O5. The number of benzene rings is 2.